The van der Waals surface area contributed by atoms with Crippen LogP contribution < -0.4 is 20.9 Å². The predicted octanol–water partition coefficient (Wildman–Crippen LogP) is 2.75. The van der Waals surface area contributed by atoms with Crippen LogP contribution in [0.1, 0.15) is 38.8 Å². The Morgan fingerprint density at radius 1 is 1.25 bits per heavy atom. The van der Waals surface area contributed by atoms with E-state index in [4.69, 9.17) is 18.5 Å². The van der Waals surface area contributed by atoms with Gasteiger partial charge in [0.25, 0.3) is 5.56 Å². The maximum absolute atomic E-state index is 14.0. The molecule has 2 aromatic carbocycles. The molecule has 2 aliphatic rings. The van der Waals surface area contributed by atoms with E-state index in [9.17, 15) is 28.4 Å². The molecule has 12 nitrogen and oxygen atoms in total. The first-order valence-corrected chi connectivity index (χ1v) is 14.4. The van der Waals surface area contributed by atoms with Crippen molar-refractivity contribution in [3.8, 4) is 5.75 Å². The van der Waals surface area contributed by atoms with Crippen LogP contribution in [0.4, 0.5) is 4.39 Å². The first kappa shape index (κ1) is 28.2. The van der Waals surface area contributed by atoms with Gasteiger partial charge in [0.2, 0.25) is 5.82 Å². The Morgan fingerprint density at radius 3 is 2.75 bits per heavy atom. The van der Waals surface area contributed by atoms with E-state index in [1.807, 2.05) is 23.2 Å². The maximum Gasteiger partial charge on any atom is 0.459 e. The zero-order chi connectivity index (χ0) is 28.4. The second-order valence-electron chi connectivity index (χ2n) is 9.78. The largest absolute Gasteiger partial charge is 0.461 e. The number of nitrogens with one attached hydrogen (secondary N) is 2. The van der Waals surface area contributed by atoms with E-state index < -0.39 is 61.9 Å². The first-order valence-electron chi connectivity index (χ1n) is 12.9. The van der Waals surface area contributed by atoms with E-state index in [0.717, 1.165) is 29.2 Å². The SMILES string of the molecule is C[C@H](NP(=O)(OCC1O[C@@H](n2cc(F)c(=O)[nH]c2=O)C[C@H]1O)Oc1cccc2ccccc12)C(=O)OC1CCC1. The third-order valence-electron chi connectivity index (χ3n) is 6.86. The summed E-state index contributed by atoms with van der Waals surface area (Å²) in [7, 11) is -4.30. The van der Waals surface area contributed by atoms with Gasteiger partial charge in [-0.05, 0) is 37.6 Å². The van der Waals surface area contributed by atoms with Crippen LogP contribution in [0.25, 0.3) is 10.8 Å². The Balaban J connectivity index is 1.34. The molecule has 2 unspecified atom stereocenters. The van der Waals surface area contributed by atoms with Crippen LogP contribution in [0.2, 0.25) is 0 Å². The molecule has 0 radical (unpaired) electrons. The molecule has 0 bridgehead atoms. The number of rotatable bonds is 10. The summed E-state index contributed by atoms with van der Waals surface area (Å²) < 4.78 is 51.2. The molecular weight excluding hydrogens is 548 g/mol. The minimum absolute atomic E-state index is 0.133. The van der Waals surface area contributed by atoms with Crippen molar-refractivity contribution in [2.45, 2.75) is 63.2 Å². The zero-order valence-electron chi connectivity index (χ0n) is 21.5. The van der Waals surface area contributed by atoms with Gasteiger partial charge < -0.3 is 19.1 Å². The molecule has 3 aromatic rings. The average Bonchev–Trinajstić information content (AvgIpc) is 3.27. The number of hydrogen-bond acceptors (Lipinski definition) is 9. The number of hydrogen-bond donors (Lipinski definition) is 3. The van der Waals surface area contributed by atoms with Crippen LogP contribution in [0.3, 0.4) is 0 Å². The third kappa shape index (κ3) is 6.18. The number of nitrogens with zero attached hydrogens (tertiary/aromatic N) is 1. The number of aliphatic hydroxyl groups excluding tert-OH is 1. The highest BCUT2D eigenvalue weighted by atomic mass is 31.2. The highest BCUT2D eigenvalue weighted by Gasteiger charge is 2.40. The highest BCUT2D eigenvalue weighted by molar-refractivity contribution is 7.52. The number of aromatic amines is 1. The van der Waals surface area contributed by atoms with E-state index in [2.05, 4.69) is 5.09 Å². The Labute approximate surface area is 227 Å². The van der Waals surface area contributed by atoms with Crippen molar-refractivity contribution in [3.05, 3.63) is 75.3 Å². The topological polar surface area (TPSA) is 158 Å². The predicted molar refractivity (Wildman–Crippen MR) is 140 cm³/mol. The van der Waals surface area contributed by atoms with E-state index in [0.29, 0.717) is 11.6 Å². The second-order valence-corrected chi connectivity index (χ2v) is 11.5. The van der Waals surface area contributed by atoms with Gasteiger partial charge in [-0.2, -0.15) is 9.48 Å². The number of benzene rings is 2. The van der Waals surface area contributed by atoms with Crippen molar-refractivity contribution in [3.63, 3.8) is 0 Å². The molecule has 2 fully saturated rings. The Kier molecular flexibility index (Phi) is 8.20. The first-order chi connectivity index (χ1) is 19.1. The quantitative estimate of drug-likeness (QED) is 0.242. The number of carbonyl (C=O) groups excluding carboxylic acids is 1. The summed E-state index contributed by atoms with van der Waals surface area (Å²) in [4.78, 5) is 37.9. The van der Waals surface area contributed by atoms with Gasteiger partial charge in [-0.15, -0.1) is 0 Å². The summed E-state index contributed by atoms with van der Waals surface area (Å²) >= 11 is 0. The van der Waals surface area contributed by atoms with Crippen molar-refractivity contribution in [1.82, 2.24) is 14.6 Å². The van der Waals surface area contributed by atoms with Crippen molar-refractivity contribution in [2.75, 3.05) is 6.61 Å². The fraction of sp³-hybridized carbons (Fsp3) is 0.423. The third-order valence-corrected chi connectivity index (χ3v) is 8.49. The Bertz CT molecular complexity index is 1550. The van der Waals surface area contributed by atoms with E-state index in [-0.39, 0.29) is 18.3 Å². The molecule has 5 rings (SSSR count). The summed E-state index contributed by atoms with van der Waals surface area (Å²) in [5, 5.41) is 14.6. The number of halogens is 1. The molecule has 5 atom stereocenters. The van der Waals surface area contributed by atoms with Gasteiger partial charge in [0.05, 0.1) is 18.9 Å². The normalized spacial score (nSPS) is 23.3. The number of aromatic nitrogens is 2. The molecule has 0 spiro atoms. The summed E-state index contributed by atoms with van der Waals surface area (Å²) in [5.41, 5.74) is -2.10. The average molecular weight is 578 g/mol. The number of ether oxygens (including phenoxy) is 2. The minimum atomic E-state index is -4.30. The number of aliphatic hydroxyl groups is 1. The van der Waals surface area contributed by atoms with Crippen molar-refractivity contribution in [2.24, 2.45) is 0 Å². The molecule has 214 valence electrons. The standard InChI is InChI=1S/C26H29FN3O9P/c1-15(25(33)37-17-8-5-9-17)29-40(35,39-21-11-4-7-16-6-2-3-10-18(16)21)36-14-22-20(31)12-23(38-22)30-13-19(27)24(32)28-26(30)34/h2-4,6-7,10-11,13,15,17,20,22-23,31H,5,8-9,12,14H2,1H3,(H,29,35)(H,28,32,34)/t15-,20+,22?,23+,40?/m0/s1. The van der Waals surface area contributed by atoms with Gasteiger partial charge in [-0.25, -0.2) is 9.36 Å². The molecule has 2 heterocycles. The van der Waals surface area contributed by atoms with E-state index in [1.54, 1.807) is 24.3 Å². The van der Waals surface area contributed by atoms with Gasteiger partial charge in [0.15, 0.2) is 0 Å². The van der Waals surface area contributed by atoms with Gasteiger partial charge in [0, 0.05) is 11.8 Å². The molecular formula is C26H29FN3O9P. The van der Waals surface area contributed by atoms with E-state index in [1.165, 1.54) is 6.92 Å². The summed E-state index contributed by atoms with van der Waals surface area (Å²) in [6.07, 6.45) is -0.554. The lowest BCUT2D eigenvalue weighted by atomic mass is 9.96. The minimum Gasteiger partial charge on any atom is -0.461 e. The van der Waals surface area contributed by atoms with Crippen LogP contribution >= 0.6 is 7.75 Å². The molecule has 1 aliphatic heterocycles. The fourth-order valence-electron chi connectivity index (χ4n) is 4.42. The maximum atomic E-state index is 14.0. The lowest BCUT2D eigenvalue weighted by Crippen LogP contribution is -2.39. The van der Waals surface area contributed by atoms with Gasteiger partial charge in [0.1, 0.15) is 30.2 Å². The molecule has 1 saturated heterocycles. The lowest BCUT2D eigenvalue weighted by molar-refractivity contribution is -0.154. The van der Waals surface area contributed by atoms with Crippen LogP contribution in [0.5, 0.6) is 5.75 Å². The second kappa shape index (κ2) is 11.6. The number of carbonyl (C=O) groups is 1. The fourth-order valence-corrected chi connectivity index (χ4v) is 5.94. The van der Waals surface area contributed by atoms with Crippen molar-refractivity contribution >= 4 is 24.5 Å². The summed E-state index contributed by atoms with van der Waals surface area (Å²) in [6.45, 7) is 0.995. The van der Waals surface area contributed by atoms with Crippen LogP contribution in [0.15, 0.2) is 58.3 Å². The van der Waals surface area contributed by atoms with Gasteiger partial charge >= 0.3 is 19.4 Å². The van der Waals surface area contributed by atoms with Gasteiger partial charge in [-0.1, -0.05) is 36.4 Å². The Hall–Kier alpha value is -3.35. The van der Waals surface area contributed by atoms with Crippen LogP contribution in [0, 0.1) is 5.82 Å². The monoisotopic (exact) mass is 577 g/mol. The van der Waals surface area contributed by atoms with Gasteiger partial charge in [-0.3, -0.25) is 23.7 Å². The molecule has 1 aliphatic carbocycles. The zero-order valence-corrected chi connectivity index (χ0v) is 22.4. The highest BCUT2D eigenvalue weighted by Crippen LogP contribution is 2.47. The summed E-state index contributed by atoms with van der Waals surface area (Å²) in [6, 6.07) is 11.4. The van der Waals surface area contributed by atoms with Crippen LogP contribution in [-0.4, -0.2) is 51.6 Å². The number of esters is 1. The van der Waals surface area contributed by atoms with Crippen molar-refractivity contribution in [1.29, 1.82) is 0 Å². The van der Waals surface area contributed by atoms with E-state index >= 15 is 0 Å². The van der Waals surface area contributed by atoms with Crippen LogP contribution in [-0.2, 0) is 23.4 Å². The van der Waals surface area contributed by atoms with Crippen molar-refractivity contribution < 1.29 is 37.4 Å². The number of fused-ring (bicyclic) bond motifs is 1. The number of H-pyrrole nitrogens is 1. The lowest BCUT2D eigenvalue weighted by Gasteiger charge is -2.28. The molecule has 1 saturated carbocycles. The molecule has 0 amide bonds. The molecule has 14 heteroatoms. The Morgan fingerprint density at radius 2 is 2.00 bits per heavy atom. The smallest absolute Gasteiger partial charge is 0.459 e. The molecule has 1 aromatic heterocycles. The molecule has 3 N–H and O–H groups in total. The molecule has 40 heavy (non-hydrogen) atoms. The summed E-state index contributed by atoms with van der Waals surface area (Å²) in [5.74, 6) is -1.58.